The third kappa shape index (κ3) is 5.24. The molecule has 5 aliphatic heterocycles. The highest BCUT2D eigenvalue weighted by atomic mass is 16.5. The molecule has 5 heterocycles. The Labute approximate surface area is 256 Å². The van der Waals surface area contributed by atoms with Crippen LogP contribution in [-0.4, -0.2) is 60.1 Å². The molecule has 0 aliphatic carbocycles. The maximum atomic E-state index is 13.6. The van der Waals surface area contributed by atoms with Gasteiger partial charge in [-0.2, -0.15) is 0 Å². The first kappa shape index (κ1) is 27.6. The van der Waals surface area contributed by atoms with Gasteiger partial charge in [0.05, 0.1) is 0 Å². The summed E-state index contributed by atoms with van der Waals surface area (Å²) in [5.41, 5.74) is 1.93. The molecule has 8 nitrogen and oxygen atoms in total. The first-order valence-corrected chi connectivity index (χ1v) is 14.8. The predicted molar refractivity (Wildman–Crippen MR) is 164 cm³/mol. The molecule has 5 aliphatic rings. The van der Waals surface area contributed by atoms with Gasteiger partial charge >= 0.3 is 0 Å². The number of carbonyl (C=O) groups excluding carboxylic acids is 2. The quantitative estimate of drug-likeness (QED) is 0.231. The molecular weight excluding hydrogens is 556 g/mol. The Kier molecular flexibility index (Phi) is 7.63. The van der Waals surface area contributed by atoms with E-state index in [1.54, 1.807) is 9.80 Å². The molecule has 0 unspecified atom stereocenters. The number of ether oxygens (including phenoxy) is 4. The Bertz CT molecular complexity index is 1540. The van der Waals surface area contributed by atoms with E-state index in [4.69, 9.17) is 18.9 Å². The second-order valence-corrected chi connectivity index (χ2v) is 10.8. The minimum Gasteiger partial charge on any atom is -0.486 e. The van der Waals surface area contributed by atoms with E-state index in [1.165, 1.54) is 0 Å². The van der Waals surface area contributed by atoms with E-state index >= 15 is 0 Å². The predicted octanol–water partition coefficient (Wildman–Crippen LogP) is 5.38. The smallest absolute Gasteiger partial charge is 0.266 e. The van der Waals surface area contributed by atoms with Crippen LogP contribution < -0.4 is 18.9 Å². The average molecular weight is 589 g/mol. The Balaban J connectivity index is 1.22. The van der Waals surface area contributed by atoms with Crippen molar-refractivity contribution in [2.24, 2.45) is 0 Å². The summed E-state index contributed by atoms with van der Waals surface area (Å²) in [4.78, 5) is 30.8. The fourth-order valence-corrected chi connectivity index (χ4v) is 6.01. The lowest BCUT2D eigenvalue weighted by molar-refractivity contribution is -0.172. The number of amides is 2. The lowest BCUT2D eigenvalue weighted by atomic mass is 9.88. The van der Waals surface area contributed by atoms with Gasteiger partial charge in [0, 0.05) is 13.1 Å². The van der Waals surface area contributed by atoms with Crippen molar-refractivity contribution >= 4 is 11.8 Å². The van der Waals surface area contributed by atoms with E-state index < -0.39 is 12.2 Å². The first-order chi connectivity index (χ1) is 21.7. The first-order valence-electron chi connectivity index (χ1n) is 14.8. The zero-order valence-electron chi connectivity index (χ0n) is 24.0. The lowest BCUT2D eigenvalue weighted by Gasteiger charge is -2.50. The molecule has 4 bridgehead atoms. The Morgan fingerprint density at radius 3 is 1.25 bits per heavy atom. The molecule has 8 heteroatoms. The van der Waals surface area contributed by atoms with E-state index in [9.17, 15) is 9.59 Å². The summed E-state index contributed by atoms with van der Waals surface area (Å²) in [5, 5.41) is 0. The van der Waals surface area contributed by atoms with E-state index in [0.717, 1.165) is 11.1 Å². The van der Waals surface area contributed by atoms with Gasteiger partial charge in [0.2, 0.25) is 12.2 Å². The van der Waals surface area contributed by atoms with Crippen LogP contribution >= 0.6 is 0 Å². The molecule has 4 atom stereocenters. The van der Waals surface area contributed by atoms with Crippen molar-refractivity contribution in [3.8, 4) is 23.0 Å². The van der Waals surface area contributed by atoms with Crippen LogP contribution in [0.5, 0.6) is 23.0 Å². The van der Waals surface area contributed by atoms with E-state index in [2.05, 4.69) is 0 Å². The summed E-state index contributed by atoms with van der Waals surface area (Å²) in [7, 11) is 0. The van der Waals surface area contributed by atoms with Gasteiger partial charge in [-0.15, -0.1) is 0 Å². The number of β-lactam (4-membered cyclic amide) rings is 2. The van der Waals surface area contributed by atoms with Crippen LogP contribution in [0.4, 0.5) is 0 Å². The Morgan fingerprint density at radius 2 is 0.841 bits per heavy atom. The summed E-state index contributed by atoms with van der Waals surface area (Å²) in [6.07, 6.45) is 2.28. The molecule has 2 amide bonds. The zero-order chi connectivity index (χ0) is 29.9. The monoisotopic (exact) mass is 588 g/mol. The number of rotatable bonds is 2. The normalized spacial score (nSPS) is 24.0. The molecule has 44 heavy (non-hydrogen) atoms. The van der Waals surface area contributed by atoms with Gasteiger partial charge in [-0.1, -0.05) is 84.9 Å². The molecule has 0 spiro atoms. The second-order valence-electron chi connectivity index (χ2n) is 10.8. The summed E-state index contributed by atoms with van der Waals surface area (Å²) in [6, 6.07) is 33.8. The third-order valence-corrected chi connectivity index (χ3v) is 8.21. The van der Waals surface area contributed by atoms with Crippen LogP contribution in [0.2, 0.25) is 0 Å². The van der Waals surface area contributed by atoms with Crippen LogP contribution in [0.1, 0.15) is 23.2 Å². The fraction of sp³-hybridized carbons (Fsp3) is 0.222. The summed E-state index contributed by atoms with van der Waals surface area (Å²) < 4.78 is 24.7. The standard InChI is InChI=1S/C36H32N2O6/c39-35-33-31(25-13-3-1-4-14-25)37(35)21-22-38-32(26-15-5-2-6-16-26)34(36(38)40)44-30-20-10-8-18-28(30)42-24-12-11-23-41-27-17-7-9-19-29(27)43-33/h1-20,31-34H,21-24H2/b12-11-/t31-,32+,33+,34-. The maximum absolute atomic E-state index is 13.6. The number of para-hydroxylation sites is 4. The SMILES string of the molecule is O=C1[C@H]2Oc3ccccc3OC/C=C\COc3ccccc3O[C@H]3C(=O)N(CCN1[C@@H]2c1ccccc1)[C@H]3c1ccccc1. The van der Waals surface area contributed by atoms with Crippen molar-refractivity contribution in [1.29, 1.82) is 0 Å². The maximum Gasteiger partial charge on any atom is 0.266 e. The third-order valence-electron chi connectivity index (χ3n) is 8.21. The van der Waals surface area contributed by atoms with Crippen LogP contribution in [0, 0.1) is 0 Å². The van der Waals surface area contributed by atoms with Crippen molar-refractivity contribution < 1.29 is 28.5 Å². The fourth-order valence-electron chi connectivity index (χ4n) is 6.01. The Hall–Kier alpha value is -5.24. The van der Waals surface area contributed by atoms with Crippen LogP contribution in [0.3, 0.4) is 0 Å². The average Bonchev–Trinajstić information content (AvgIpc) is 3.07. The van der Waals surface area contributed by atoms with Crippen molar-refractivity contribution in [2.45, 2.75) is 24.3 Å². The van der Waals surface area contributed by atoms with Gasteiger partial charge in [0.1, 0.15) is 25.3 Å². The highest BCUT2D eigenvalue weighted by molar-refractivity contribution is 5.91. The van der Waals surface area contributed by atoms with Gasteiger partial charge in [0.15, 0.2) is 23.0 Å². The minimum atomic E-state index is -0.721. The number of carbonyl (C=O) groups is 2. The highest BCUT2D eigenvalue weighted by Gasteiger charge is 2.53. The zero-order valence-corrected chi connectivity index (χ0v) is 24.0. The molecular formula is C36H32N2O6. The van der Waals surface area contributed by atoms with Gasteiger partial charge < -0.3 is 28.7 Å². The molecule has 2 fully saturated rings. The summed E-state index contributed by atoms with van der Waals surface area (Å²) >= 11 is 0. The second kappa shape index (κ2) is 12.2. The molecule has 0 radical (unpaired) electrons. The lowest BCUT2D eigenvalue weighted by Crippen LogP contribution is -2.66. The minimum absolute atomic E-state index is 0.133. The molecule has 4 aromatic rings. The van der Waals surface area contributed by atoms with Crippen molar-refractivity contribution in [2.75, 3.05) is 26.3 Å². The van der Waals surface area contributed by atoms with Gasteiger partial charge in [-0.3, -0.25) is 9.59 Å². The van der Waals surface area contributed by atoms with E-state index in [-0.39, 0.29) is 23.9 Å². The van der Waals surface area contributed by atoms with Crippen molar-refractivity contribution in [3.05, 3.63) is 132 Å². The molecule has 9 rings (SSSR count). The number of benzene rings is 4. The van der Waals surface area contributed by atoms with Crippen LogP contribution in [0.25, 0.3) is 0 Å². The number of nitrogens with zero attached hydrogens (tertiary/aromatic N) is 2. The van der Waals surface area contributed by atoms with Crippen LogP contribution in [0.15, 0.2) is 121 Å². The molecule has 2 saturated heterocycles. The van der Waals surface area contributed by atoms with E-state index in [1.807, 2.05) is 121 Å². The molecule has 4 aromatic carbocycles. The molecule has 0 aromatic heterocycles. The van der Waals surface area contributed by atoms with Crippen molar-refractivity contribution in [1.82, 2.24) is 9.80 Å². The van der Waals surface area contributed by atoms with Gasteiger partial charge in [0.25, 0.3) is 11.8 Å². The van der Waals surface area contributed by atoms with Crippen molar-refractivity contribution in [3.63, 3.8) is 0 Å². The molecule has 0 N–H and O–H groups in total. The van der Waals surface area contributed by atoms with Crippen LogP contribution in [-0.2, 0) is 9.59 Å². The van der Waals surface area contributed by atoms with E-state index in [0.29, 0.717) is 49.3 Å². The topological polar surface area (TPSA) is 77.5 Å². The summed E-state index contributed by atoms with van der Waals surface area (Å²) in [5.74, 6) is 1.83. The number of hydrogen-bond acceptors (Lipinski definition) is 6. The number of hydrogen-bond donors (Lipinski definition) is 0. The van der Waals surface area contributed by atoms with Gasteiger partial charge in [-0.05, 0) is 47.5 Å². The molecule has 0 saturated carbocycles. The Morgan fingerprint density at radius 1 is 0.477 bits per heavy atom. The molecule has 222 valence electrons. The van der Waals surface area contributed by atoms with Gasteiger partial charge in [-0.25, -0.2) is 0 Å². The summed E-state index contributed by atoms with van der Waals surface area (Å²) in [6.45, 7) is 1.28. The largest absolute Gasteiger partial charge is 0.486 e. The highest BCUT2D eigenvalue weighted by Crippen LogP contribution is 2.42.